The summed E-state index contributed by atoms with van der Waals surface area (Å²) in [6.07, 6.45) is 7.88. The van der Waals surface area contributed by atoms with E-state index >= 15 is 0 Å². The van der Waals surface area contributed by atoms with Crippen LogP contribution in [0.25, 0.3) is 0 Å². The molecule has 1 atom stereocenters. The Morgan fingerprint density at radius 1 is 1.24 bits per heavy atom. The number of hydrogen-bond donors (Lipinski definition) is 1. The molecule has 0 saturated heterocycles. The molecule has 1 fully saturated rings. The smallest absolute Gasteiger partial charge is 0.0595 e. The van der Waals surface area contributed by atoms with Crippen LogP contribution in [0.15, 0.2) is 22.7 Å². The zero-order chi connectivity index (χ0) is 15.2. The van der Waals surface area contributed by atoms with Crippen LogP contribution >= 0.6 is 27.5 Å². The fourth-order valence-electron chi connectivity index (χ4n) is 3.52. The summed E-state index contributed by atoms with van der Waals surface area (Å²) in [7, 11) is 0. The second-order valence-electron chi connectivity index (χ2n) is 6.26. The highest BCUT2D eigenvalue weighted by molar-refractivity contribution is 9.10. The van der Waals surface area contributed by atoms with E-state index in [-0.39, 0.29) is 0 Å². The Kier molecular flexibility index (Phi) is 7.04. The minimum atomic E-state index is 0.396. The normalized spacial score (nSPS) is 24.0. The second-order valence-corrected chi connectivity index (χ2v) is 7.50. The average Bonchev–Trinajstić information content (AvgIpc) is 2.52. The summed E-state index contributed by atoms with van der Waals surface area (Å²) < 4.78 is 1.01. The van der Waals surface area contributed by atoms with Crippen LogP contribution in [0.3, 0.4) is 0 Å². The van der Waals surface area contributed by atoms with Gasteiger partial charge in [0.15, 0.2) is 0 Å². The third-order valence-electron chi connectivity index (χ3n) is 4.87. The molecule has 1 saturated carbocycles. The third kappa shape index (κ3) is 4.46. The van der Waals surface area contributed by atoms with Crippen LogP contribution in [0, 0.1) is 11.8 Å². The van der Waals surface area contributed by atoms with E-state index in [1.807, 2.05) is 6.07 Å². The summed E-state index contributed by atoms with van der Waals surface area (Å²) in [6.45, 7) is 5.60. The number of benzene rings is 1. The molecule has 3 heteroatoms. The molecule has 2 rings (SSSR count). The van der Waals surface area contributed by atoms with Crippen molar-refractivity contribution in [2.75, 3.05) is 6.54 Å². The van der Waals surface area contributed by atoms with Gasteiger partial charge in [0, 0.05) is 10.5 Å². The van der Waals surface area contributed by atoms with Crippen LogP contribution in [-0.4, -0.2) is 6.54 Å². The average molecular weight is 373 g/mol. The first-order valence-electron chi connectivity index (χ1n) is 8.34. The molecule has 1 aromatic carbocycles. The van der Waals surface area contributed by atoms with Crippen LogP contribution in [0.1, 0.15) is 64.0 Å². The van der Waals surface area contributed by atoms with Crippen molar-refractivity contribution in [2.45, 2.75) is 58.4 Å². The first kappa shape index (κ1) is 17.3. The number of halogens is 2. The number of hydrogen-bond acceptors (Lipinski definition) is 1. The van der Waals surface area contributed by atoms with Gasteiger partial charge in [-0.2, -0.15) is 0 Å². The maximum atomic E-state index is 6.56. The summed E-state index contributed by atoms with van der Waals surface area (Å²) >= 11 is 10.1. The minimum Gasteiger partial charge on any atom is -0.310 e. The lowest BCUT2D eigenvalue weighted by Gasteiger charge is -2.35. The van der Waals surface area contributed by atoms with Crippen molar-refractivity contribution in [2.24, 2.45) is 11.8 Å². The van der Waals surface area contributed by atoms with Crippen molar-refractivity contribution in [1.82, 2.24) is 5.32 Å². The molecular formula is C18H27BrClN. The van der Waals surface area contributed by atoms with Crippen molar-refractivity contribution in [1.29, 1.82) is 0 Å². The molecule has 0 bridgehead atoms. The molecule has 1 nitrogen and oxygen atoms in total. The summed E-state index contributed by atoms with van der Waals surface area (Å²) in [5.41, 5.74) is 1.26. The standard InChI is InChI=1S/C18H27BrClN/c1-3-12-21-18(14-10-8-13(4-2)9-11-14)15-6-5-7-16(19)17(15)20/h5-7,13-14,18,21H,3-4,8-12H2,1-2H3. The van der Waals surface area contributed by atoms with Gasteiger partial charge < -0.3 is 5.32 Å². The fourth-order valence-corrected chi connectivity index (χ4v) is 4.15. The minimum absolute atomic E-state index is 0.396. The van der Waals surface area contributed by atoms with Gasteiger partial charge in [-0.25, -0.2) is 0 Å². The highest BCUT2D eigenvalue weighted by Gasteiger charge is 2.29. The van der Waals surface area contributed by atoms with Crippen molar-refractivity contribution in [3.05, 3.63) is 33.3 Å². The molecule has 0 radical (unpaired) electrons. The van der Waals surface area contributed by atoms with Crippen LogP contribution in [0.2, 0.25) is 5.02 Å². The van der Waals surface area contributed by atoms with Gasteiger partial charge in [-0.1, -0.05) is 56.8 Å². The second kappa shape index (κ2) is 8.55. The monoisotopic (exact) mass is 371 g/mol. The molecule has 0 aromatic heterocycles. The van der Waals surface area contributed by atoms with E-state index in [0.29, 0.717) is 12.0 Å². The Morgan fingerprint density at radius 3 is 2.57 bits per heavy atom. The zero-order valence-electron chi connectivity index (χ0n) is 13.2. The van der Waals surface area contributed by atoms with Gasteiger partial charge in [0.2, 0.25) is 0 Å². The van der Waals surface area contributed by atoms with E-state index < -0.39 is 0 Å². The third-order valence-corrected chi connectivity index (χ3v) is 6.18. The Labute approximate surface area is 143 Å². The molecule has 1 aromatic rings. The van der Waals surface area contributed by atoms with E-state index in [4.69, 9.17) is 11.6 Å². The maximum absolute atomic E-state index is 6.56. The van der Waals surface area contributed by atoms with Gasteiger partial charge in [-0.15, -0.1) is 0 Å². The SMILES string of the molecule is CCCNC(c1cccc(Br)c1Cl)C1CCC(CC)CC1. The van der Waals surface area contributed by atoms with Gasteiger partial charge >= 0.3 is 0 Å². The zero-order valence-corrected chi connectivity index (χ0v) is 15.5. The summed E-state index contributed by atoms with van der Waals surface area (Å²) in [5, 5.41) is 4.63. The molecule has 0 amide bonds. The predicted molar refractivity (Wildman–Crippen MR) is 95.9 cm³/mol. The lowest BCUT2D eigenvalue weighted by Crippen LogP contribution is -2.31. The summed E-state index contributed by atoms with van der Waals surface area (Å²) in [5.74, 6) is 1.65. The first-order chi connectivity index (χ1) is 10.2. The van der Waals surface area contributed by atoms with Crippen molar-refractivity contribution >= 4 is 27.5 Å². The van der Waals surface area contributed by atoms with Crippen molar-refractivity contribution in [3.8, 4) is 0 Å². The molecule has 21 heavy (non-hydrogen) atoms. The topological polar surface area (TPSA) is 12.0 Å². The fraction of sp³-hybridized carbons (Fsp3) is 0.667. The van der Waals surface area contributed by atoms with Crippen LogP contribution in [0.4, 0.5) is 0 Å². The van der Waals surface area contributed by atoms with Gasteiger partial charge in [0.1, 0.15) is 0 Å². The number of rotatable bonds is 6. The first-order valence-corrected chi connectivity index (χ1v) is 9.51. The molecule has 1 aliphatic carbocycles. The lowest BCUT2D eigenvalue weighted by molar-refractivity contribution is 0.219. The van der Waals surface area contributed by atoms with E-state index in [2.05, 4.69) is 47.2 Å². The molecule has 1 aliphatic rings. The van der Waals surface area contributed by atoms with Crippen LogP contribution in [0.5, 0.6) is 0 Å². The molecule has 118 valence electrons. The van der Waals surface area contributed by atoms with Crippen LogP contribution in [-0.2, 0) is 0 Å². The summed E-state index contributed by atoms with van der Waals surface area (Å²) in [4.78, 5) is 0. The largest absolute Gasteiger partial charge is 0.310 e. The van der Waals surface area contributed by atoms with E-state index in [1.54, 1.807) is 0 Å². The molecule has 1 unspecified atom stereocenters. The van der Waals surface area contributed by atoms with E-state index in [1.165, 1.54) is 37.7 Å². The van der Waals surface area contributed by atoms with Crippen molar-refractivity contribution in [3.63, 3.8) is 0 Å². The highest BCUT2D eigenvalue weighted by Crippen LogP contribution is 2.41. The Balaban J connectivity index is 2.16. The molecule has 0 heterocycles. The van der Waals surface area contributed by atoms with Crippen molar-refractivity contribution < 1.29 is 0 Å². The van der Waals surface area contributed by atoms with E-state index in [9.17, 15) is 0 Å². The van der Waals surface area contributed by atoms with E-state index in [0.717, 1.165) is 28.4 Å². The van der Waals surface area contributed by atoms with Gasteiger partial charge in [-0.05, 0) is 65.2 Å². The highest BCUT2D eigenvalue weighted by atomic mass is 79.9. The van der Waals surface area contributed by atoms with Gasteiger partial charge in [0.25, 0.3) is 0 Å². The Hall–Kier alpha value is -0.0500. The Morgan fingerprint density at radius 2 is 1.95 bits per heavy atom. The summed E-state index contributed by atoms with van der Waals surface area (Å²) in [6, 6.07) is 6.71. The van der Waals surface area contributed by atoms with Gasteiger partial charge in [0.05, 0.1) is 5.02 Å². The quantitative estimate of drug-likeness (QED) is 0.612. The predicted octanol–water partition coefficient (Wildman–Crippen LogP) is 6.36. The van der Waals surface area contributed by atoms with Gasteiger partial charge in [-0.3, -0.25) is 0 Å². The maximum Gasteiger partial charge on any atom is 0.0595 e. The molecule has 0 aliphatic heterocycles. The molecule has 0 spiro atoms. The Bertz CT molecular complexity index is 441. The molecular weight excluding hydrogens is 346 g/mol. The molecule has 1 N–H and O–H groups in total. The number of nitrogens with one attached hydrogen (secondary N) is 1. The lowest BCUT2D eigenvalue weighted by atomic mass is 9.76. The van der Waals surface area contributed by atoms with Crippen LogP contribution < -0.4 is 5.32 Å².